The number of anilines is 2. The molecule has 2 aliphatic rings. The maximum atomic E-state index is 3.75. The minimum absolute atomic E-state index is 0.601. The first-order valence-corrected chi connectivity index (χ1v) is 8.44. The summed E-state index contributed by atoms with van der Waals surface area (Å²) in [7, 11) is 0. The SMILES string of the molecule is CC(Nc1cccc(N2CCCC2)c1)C1CCCCC1. The lowest BCUT2D eigenvalue weighted by molar-refractivity contribution is 0.328. The van der Waals surface area contributed by atoms with Crippen molar-refractivity contribution in [2.75, 3.05) is 23.3 Å². The van der Waals surface area contributed by atoms with Crippen molar-refractivity contribution in [1.82, 2.24) is 0 Å². The van der Waals surface area contributed by atoms with Crippen molar-refractivity contribution in [1.29, 1.82) is 0 Å². The third-order valence-corrected chi connectivity index (χ3v) is 5.07. The fourth-order valence-corrected chi connectivity index (χ4v) is 3.78. The Morgan fingerprint density at radius 3 is 2.55 bits per heavy atom. The van der Waals surface area contributed by atoms with Gasteiger partial charge in [0.2, 0.25) is 0 Å². The maximum absolute atomic E-state index is 3.75. The van der Waals surface area contributed by atoms with Crippen LogP contribution >= 0.6 is 0 Å². The highest BCUT2D eigenvalue weighted by atomic mass is 15.1. The molecule has 1 saturated heterocycles. The molecule has 0 spiro atoms. The van der Waals surface area contributed by atoms with Crippen LogP contribution in [0.15, 0.2) is 24.3 Å². The minimum atomic E-state index is 0.601. The van der Waals surface area contributed by atoms with E-state index in [0.29, 0.717) is 6.04 Å². The molecule has 1 saturated carbocycles. The molecule has 1 aliphatic carbocycles. The third kappa shape index (κ3) is 3.28. The summed E-state index contributed by atoms with van der Waals surface area (Å²) in [6.45, 7) is 4.81. The number of hydrogen-bond acceptors (Lipinski definition) is 2. The molecule has 3 rings (SSSR count). The summed E-state index contributed by atoms with van der Waals surface area (Å²) in [6.07, 6.45) is 9.77. The van der Waals surface area contributed by atoms with Crippen LogP contribution in [0.4, 0.5) is 11.4 Å². The van der Waals surface area contributed by atoms with E-state index in [9.17, 15) is 0 Å². The zero-order valence-electron chi connectivity index (χ0n) is 12.8. The Balaban J connectivity index is 1.62. The van der Waals surface area contributed by atoms with Gasteiger partial charge in [-0.2, -0.15) is 0 Å². The summed E-state index contributed by atoms with van der Waals surface area (Å²) in [4.78, 5) is 2.51. The van der Waals surface area contributed by atoms with E-state index in [1.54, 1.807) is 0 Å². The summed E-state index contributed by atoms with van der Waals surface area (Å²) >= 11 is 0. The molecule has 1 aromatic carbocycles. The highest BCUT2D eigenvalue weighted by Crippen LogP contribution is 2.29. The second kappa shape index (κ2) is 6.51. The zero-order valence-corrected chi connectivity index (χ0v) is 12.8. The average molecular weight is 272 g/mol. The fraction of sp³-hybridized carbons (Fsp3) is 0.667. The highest BCUT2D eigenvalue weighted by Gasteiger charge is 2.20. The first-order chi connectivity index (χ1) is 9.83. The largest absolute Gasteiger partial charge is 0.382 e. The van der Waals surface area contributed by atoms with Gasteiger partial charge >= 0.3 is 0 Å². The molecule has 2 fully saturated rings. The Labute approximate surface area is 123 Å². The zero-order chi connectivity index (χ0) is 13.8. The van der Waals surface area contributed by atoms with Crippen molar-refractivity contribution >= 4 is 11.4 Å². The molecule has 20 heavy (non-hydrogen) atoms. The molecule has 0 radical (unpaired) electrons. The molecule has 0 amide bonds. The summed E-state index contributed by atoms with van der Waals surface area (Å²) in [5.74, 6) is 0.860. The standard InChI is InChI=1S/C18H28N2/c1-15(16-8-3-2-4-9-16)19-17-10-7-11-18(14-17)20-12-5-6-13-20/h7,10-11,14-16,19H,2-6,8-9,12-13H2,1H3. The fourth-order valence-electron chi connectivity index (χ4n) is 3.78. The van der Waals surface area contributed by atoms with Gasteiger partial charge in [-0.15, -0.1) is 0 Å². The van der Waals surface area contributed by atoms with E-state index in [0.717, 1.165) is 5.92 Å². The molecule has 0 aromatic heterocycles. The lowest BCUT2D eigenvalue weighted by Gasteiger charge is -2.29. The summed E-state index contributed by atoms with van der Waals surface area (Å²) in [6, 6.07) is 9.61. The molecular formula is C18H28N2. The molecule has 1 aliphatic heterocycles. The van der Waals surface area contributed by atoms with Gasteiger partial charge < -0.3 is 10.2 Å². The smallest absolute Gasteiger partial charge is 0.0386 e. The summed E-state index contributed by atoms with van der Waals surface area (Å²) < 4.78 is 0. The van der Waals surface area contributed by atoms with Gasteiger partial charge in [-0.05, 0) is 56.7 Å². The number of nitrogens with zero attached hydrogens (tertiary/aromatic N) is 1. The van der Waals surface area contributed by atoms with E-state index < -0.39 is 0 Å². The van der Waals surface area contributed by atoms with Gasteiger partial charge in [-0.3, -0.25) is 0 Å². The maximum Gasteiger partial charge on any atom is 0.0386 e. The molecule has 1 atom stereocenters. The van der Waals surface area contributed by atoms with Crippen molar-refractivity contribution < 1.29 is 0 Å². The number of benzene rings is 1. The molecule has 0 bridgehead atoms. The van der Waals surface area contributed by atoms with Crippen LogP contribution in [-0.4, -0.2) is 19.1 Å². The van der Waals surface area contributed by atoms with Crippen molar-refractivity contribution in [3.05, 3.63) is 24.3 Å². The Morgan fingerprint density at radius 2 is 1.80 bits per heavy atom. The summed E-state index contributed by atoms with van der Waals surface area (Å²) in [5, 5.41) is 3.75. The number of hydrogen-bond donors (Lipinski definition) is 1. The Kier molecular flexibility index (Phi) is 4.49. The number of rotatable bonds is 4. The summed E-state index contributed by atoms with van der Waals surface area (Å²) in [5.41, 5.74) is 2.69. The van der Waals surface area contributed by atoms with Gasteiger partial charge in [0.05, 0.1) is 0 Å². The van der Waals surface area contributed by atoms with E-state index in [2.05, 4.69) is 41.4 Å². The molecule has 1 unspecified atom stereocenters. The van der Waals surface area contributed by atoms with Crippen LogP contribution in [0.5, 0.6) is 0 Å². The highest BCUT2D eigenvalue weighted by molar-refractivity contribution is 5.58. The van der Waals surface area contributed by atoms with Crippen LogP contribution in [0.3, 0.4) is 0 Å². The lowest BCUT2D eigenvalue weighted by Crippen LogP contribution is -2.27. The van der Waals surface area contributed by atoms with Crippen LogP contribution in [0.2, 0.25) is 0 Å². The second-order valence-corrected chi connectivity index (χ2v) is 6.58. The molecular weight excluding hydrogens is 244 g/mol. The van der Waals surface area contributed by atoms with Crippen LogP contribution in [0, 0.1) is 5.92 Å². The average Bonchev–Trinajstić information content (AvgIpc) is 3.03. The second-order valence-electron chi connectivity index (χ2n) is 6.58. The first kappa shape index (κ1) is 13.8. The quantitative estimate of drug-likeness (QED) is 0.857. The molecule has 1 aromatic rings. The first-order valence-electron chi connectivity index (χ1n) is 8.44. The van der Waals surface area contributed by atoms with Gasteiger partial charge in [0.25, 0.3) is 0 Å². The normalized spacial score (nSPS) is 21.9. The van der Waals surface area contributed by atoms with Crippen LogP contribution in [0.25, 0.3) is 0 Å². The van der Waals surface area contributed by atoms with Crippen molar-refractivity contribution in [2.45, 2.75) is 57.9 Å². The lowest BCUT2D eigenvalue weighted by atomic mass is 9.84. The van der Waals surface area contributed by atoms with Crippen molar-refractivity contribution in [3.8, 4) is 0 Å². The minimum Gasteiger partial charge on any atom is -0.382 e. The van der Waals surface area contributed by atoms with E-state index in [1.165, 1.54) is 69.4 Å². The Hall–Kier alpha value is -1.18. The van der Waals surface area contributed by atoms with Crippen molar-refractivity contribution in [2.24, 2.45) is 5.92 Å². The van der Waals surface area contributed by atoms with E-state index in [4.69, 9.17) is 0 Å². The number of nitrogens with one attached hydrogen (secondary N) is 1. The molecule has 110 valence electrons. The van der Waals surface area contributed by atoms with Gasteiger partial charge in [0.15, 0.2) is 0 Å². The van der Waals surface area contributed by atoms with E-state index in [-0.39, 0.29) is 0 Å². The molecule has 1 N–H and O–H groups in total. The van der Waals surface area contributed by atoms with Gasteiger partial charge in [0.1, 0.15) is 0 Å². The monoisotopic (exact) mass is 272 g/mol. The topological polar surface area (TPSA) is 15.3 Å². The van der Waals surface area contributed by atoms with Gasteiger partial charge in [0, 0.05) is 30.5 Å². The van der Waals surface area contributed by atoms with Crippen LogP contribution < -0.4 is 10.2 Å². The van der Waals surface area contributed by atoms with Crippen molar-refractivity contribution in [3.63, 3.8) is 0 Å². The third-order valence-electron chi connectivity index (χ3n) is 5.07. The molecule has 2 nitrogen and oxygen atoms in total. The van der Waals surface area contributed by atoms with Gasteiger partial charge in [-0.1, -0.05) is 25.3 Å². The van der Waals surface area contributed by atoms with E-state index >= 15 is 0 Å². The van der Waals surface area contributed by atoms with Crippen LogP contribution in [0.1, 0.15) is 51.9 Å². The Bertz CT molecular complexity index is 417. The van der Waals surface area contributed by atoms with Gasteiger partial charge in [-0.25, -0.2) is 0 Å². The molecule has 2 heteroatoms. The van der Waals surface area contributed by atoms with E-state index in [1.807, 2.05) is 0 Å². The Morgan fingerprint density at radius 1 is 1.05 bits per heavy atom. The predicted octanol–water partition coefficient (Wildman–Crippen LogP) is 4.67. The predicted molar refractivity (Wildman–Crippen MR) is 87.5 cm³/mol. The van der Waals surface area contributed by atoms with Crippen LogP contribution in [-0.2, 0) is 0 Å². The molecule has 1 heterocycles.